The van der Waals surface area contributed by atoms with Gasteiger partial charge in [0.2, 0.25) is 0 Å². The molecule has 4 aromatic rings. The molecule has 2 aromatic carbocycles. The molecule has 0 unspecified atom stereocenters. The number of nitrogens with zero attached hydrogens (tertiary/aromatic N) is 2. The molecule has 1 amide bonds. The lowest BCUT2D eigenvalue weighted by Crippen LogP contribution is -2.25. The normalized spacial score (nSPS) is 11.0. The highest BCUT2D eigenvalue weighted by Crippen LogP contribution is 2.27. The molecule has 0 bridgehead atoms. The van der Waals surface area contributed by atoms with E-state index in [1.54, 1.807) is 12.1 Å². The number of halogens is 1. The highest BCUT2D eigenvalue weighted by molar-refractivity contribution is 7.15. The minimum atomic E-state index is -0.309. The van der Waals surface area contributed by atoms with E-state index in [1.165, 1.54) is 29.0 Å². The maximum Gasteiger partial charge on any atom is 0.272 e. The van der Waals surface area contributed by atoms with Gasteiger partial charge in [-0.2, -0.15) is 0 Å². The van der Waals surface area contributed by atoms with E-state index < -0.39 is 0 Å². The molecule has 2 aromatic heterocycles. The Morgan fingerprint density at radius 1 is 1.11 bits per heavy atom. The van der Waals surface area contributed by atoms with Gasteiger partial charge in [0.25, 0.3) is 5.91 Å². The molecule has 0 saturated carbocycles. The largest absolute Gasteiger partial charge is 0.351 e. The molecule has 136 valence electrons. The van der Waals surface area contributed by atoms with Gasteiger partial charge in [-0.05, 0) is 42.7 Å². The van der Waals surface area contributed by atoms with Gasteiger partial charge in [0, 0.05) is 23.7 Å². The molecule has 0 aliphatic rings. The third-order valence-corrected chi connectivity index (χ3v) is 5.12. The molecule has 1 N–H and O–H groups in total. The number of rotatable bonds is 6. The van der Waals surface area contributed by atoms with Crippen LogP contribution in [0.3, 0.4) is 0 Å². The molecule has 0 fully saturated rings. The summed E-state index contributed by atoms with van der Waals surface area (Å²) in [5, 5.41) is 4.87. The molecule has 2 heterocycles. The van der Waals surface area contributed by atoms with Gasteiger partial charge in [0.1, 0.15) is 5.82 Å². The zero-order chi connectivity index (χ0) is 18.6. The Hall–Kier alpha value is -2.99. The Kier molecular flexibility index (Phi) is 4.98. The lowest BCUT2D eigenvalue weighted by molar-refractivity contribution is 0.0949. The van der Waals surface area contributed by atoms with Crippen molar-refractivity contribution >= 4 is 22.2 Å². The molecule has 6 heteroatoms. The van der Waals surface area contributed by atoms with Crippen molar-refractivity contribution in [3.63, 3.8) is 0 Å². The predicted molar refractivity (Wildman–Crippen MR) is 106 cm³/mol. The van der Waals surface area contributed by atoms with Gasteiger partial charge in [-0.25, -0.2) is 9.37 Å². The fourth-order valence-electron chi connectivity index (χ4n) is 3.05. The second-order valence-corrected chi connectivity index (χ2v) is 7.09. The van der Waals surface area contributed by atoms with Crippen LogP contribution < -0.4 is 5.32 Å². The van der Waals surface area contributed by atoms with E-state index in [-0.39, 0.29) is 11.7 Å². The Labute approximate surface area is 160 Å². The van der Waals surface area contributed by atoms with Crippen LogP contribution in [0.15, 0.2) is 66.2 Å². The van der Waals surface area contributed by atoms with Gasteiger partial charge >= 0.3 is 0 Å². The summed E-state index contributed by atoms with van der Waals surface area (Å²) in [6.07, 6.45) is 3.63. The van der Waals surface area contributed by atoms with Gasteiger partial charge in [-0.15, -0.1) is 11.3 Å². The van der Waals surface area contributed by atoms with Gasteiger partial charge in [0.15, 0.2) is 10.7 Å². The summed E-state index contributed by atoms with van der Waals surface area (Å²) in [4.78, 5) is 18.0. The highest BCUT2D eigenvalue weighted by Gasteiger charge is 2.20. The van der Waals surface area contributed by atoms with E-state index in [0.29, 0.717) is 17.9 Å². The van der Waals surface area contributed by atoms with Gasteiger partial charge in [0.05, 0.1) is 5.69 Å². The van der Waals surface area contributed by atoms with Crippen LogP contribution in [0.5, 0.6) is 0 Å². The summed E-state index contributed by atoms with van der Waals surface area (Å²) in [5.41, 5.74) is 3.07. The van der Waals surface area contributed by atoms with E-state index in [2.05, 4.69) is 22.4 Å². The fourth-order valence-corrected chi connectivity index (χ4v) is 3.76. The monoisotopic (exact) mass is 379 g/mol. The SMILES string of the molecule is O=C(NCCCc1ccccc1)c1nc2sccn2c1-c1ccc(F)cc1. The van der Waals surface area contributed by atoms with Crippen molar-refractivity contribution < 1.29 is 9.18 Å². The van der Waals surface area contributed by atoms with E-state index in [0.717, 1.165) is 23.4 Å². The molecule has 0 spiro atoms. The average molecular weight is 379 g/mol. The van der Waals surface area contributed by atoms with Gasteiger partial charge in [-0.3, -0.25) is 9.20 Å². The van der Waals surface area contributed by atoms with Crippen molar-refractivity contribution in [2.45, 2.75) is 12.8 Å². The number of aryl methyl sites for hydroxylation is 1. The van der Waals surface area contributed by atoms with Crippen molar-refractivity contribution in [2.75, 3.05) is 6.54 Å². The Morgan fingerprint density at radius 3 is 2.67 bits per heavy atom. The van der Waals surface area contributed by atoms with Gasteiger partial charge < -0.3 is 5.32 Å². The number of hydrogen-bond acceptors (Lipinski definition) is 3. The Bertz CT molecular complexity index is 1050. The smallest absolute Gasteiger partial charge is 0.272 e. The third kappa shape index (κ3) is 3.75. The zero-order valence-electron chi connectivity index (χ0n) is 14.6. The van der Waals surface area contributed by atoms with Crippen LogP contribution >= 0.6 is 11.3 Å². The van der Waals surface area contributed by atoms with Crippen LogP contribution in [0.25, 0.3) is 16.2 Å². The molecule has 4 nitrogen and oxygen atoms in total. The molecule has 0 aliphatic heterocycles. The first-order valence-corrected chi connectivity index (χ1v) is 9.64. The summed E-state index contributed by atoms with van der Waals surface area (Å²) < 4.78 is 15.2. The van der Waals surface area contributed by atoms with Crippen molar-refractivity contribution in [2.24, 2.45) is 0 Å². The Morgan fingerprint density at radius 2 is 1.89 bits per heavy atom. The number of hydrogen-bond donors (Lipinski definition) is 1. The van der Waals surface area contributed by atoms with Crippen LogP contribution in [0.2, 0.25) is 0 Å². The number of aromatic nitrogens is 2. The molecular weight excluding hydrogens is 361 g/mol. The molecule has 0 aliphatic carbocycles. The van der Waals surface area contributed by atoms with Crippen LogP contribution in [-0.2, 0) is 6.42 Å². The maximum atomic E-state index is 13.3. The number of amides is 1. The topological polar surface area (TPSA) is 46.4 Å². The summed E-state index contributed by atoms with van der Waals surface area (Å²) in [5.74, 6) is -0.518. The molecular formula is C21H18FN3OS. The molecule has 4 rings (SSSR count). The van der Waals surface area contributed by atoms with Crippen molar-refractivity contribution in [3.05, 3.63) is 83.2 Å². The average Bonchev–Trinajstić information content (AvgIpc) is 3.28. The first kappa shape index (κ1) is 17.4. The number of carbonyl (C=O) groups is 1. The van der Waals surface area contributed by atoms with Crippen LogP contribution in [0.1, 0.15) is 22.5 Å². The van der Waals surface area contributed by atoms with Gasteiger partial charge in [-0.1, -0.05) is 30.3 Å². The minimum Gasteiger partial charge on any atom is -0.351 e. The summed E-state index contributed by atoms with van der Waals surface area (Å²) in [7, 11) is 0. The van der Waals surface area contributed by atoms with Crippen molar-refractivity contribution in [1.82, 2.24) is 14.7 Å². The maximum absolute atomic E-state index is 13.3. The first-order chi connectivity index (χ1) is 13.2. The second kappa shape index (κ2) is 7.72. The third-order valence-electron chi connectivity index (χ3n) is 4.37. The Balaban J connectivity index is 1.51. The first-order valence-electron chi connectivity index (χ1n) is 8.76. The number of nitrogens with one attached hydrogen (secondary N) is 1. The standard InChI is InChI=1S/C21H18FN3OS/c22-17-10-8-16(9-11-17)19-18(24-21-25(19)13-14-27-21)20(26)23-12-4-7-15-5-2-1-3-6-15/h1-3,5-6,8-11,13-14H,4,7,12H2,(H,23,26). The number of thiazole rings is 1. The number of fused-ring (bicyclic) bond motifs is 1. The van der Waals surface area contributed by atoms with E-state index in [9.17, 15) is 9.18 Å². The zero-order valence-corrected chi connectivity index (χ0v) is 15.4. The second-order valence-electron chi connectivity index (χ2n) is 6.22. The quantitative estimate of drug-likeness (QED) is 0.499. The predicted octanol–water partition coefficient (Wildman–Crippen LogP) is 4.56. The summed E-state index contributed by atoms with van der Waals surface area (Å²) in [6.45, 7) is 0.571. The molecule has 0 atom stereocenters. The minimum absolute atomic E-state index is 0.210. The van der Waals surface area contributed by atoms with E-state index in [4.69, 9.17) is 0 Å². The van der Waals surface area contributed by atoms with E-state index >= 15 is 0 Å². The highest BCUT2D eigenvalue weighted by atomic mass is 32.1. The summed E-state index contributed by atoms with van der Waals surface area (Å²) >= 11 is 1.46. The number of benzene rings is 2. The number of imidazole rings is 1. The van der Waals surface area contributed by atoms with Crippen molar-refractivity contribution in [3.8, 4) is 11.3 Å². The fraction of sp³-hybridized carbons (Fsp3) is 0.143. The summed E-state index contributed by atoms with van der Waals surface area (Å²) in [6, 6.07) is 16.3. The van der Waals surface area contributed by atoms with Crippen LogP contribution in [-0.4, -0.2) is 21.8 Å². The van der Waals surface area contributed by atoms with Crippen LogP contribution in [0, 0.1) is 5.82 Å². The molecule has 0 saturated heterocycles. The lowest BCUT2D eigenvalue weighted by Gasteiger charge is -2.07. The van der Waals surface area contributed by atoms with E-state index in [1.807, 2.05) is 34.2 Å². The van der Waals surface area contributed by atoms with Crippen LogP contribution in [0.4, 0.5) is 4.39 Å². The molecule has 0 radical (unpaired) electrons. The van der Waals surface area contributed by atoms with Crippen molar-refractivity contribution in [1.29, 1.82) is 0 Å². The molecule has 27 heavy (non-hydrogen) atoms. The lowest BCUT2D eigenvalue weighted by atomic mass is 10.1. The number of carbonyl (C=O) groups excluding carboxylic acids is 1.